The molecule has 0 aliphatic carbocycles. The van der Waals surface area contributed by atoms with Gasteiger partial charge >= 0.3 is 0 Å². The lowest BCUT2D eigenvalue weighted by atomic mass is 10.1. The number of nitrogens with zero attached hydrogens (tertiary/aromatic N) is 3. The Kier molecular flexibility index (Phi) is 5.53. The number of nitrogens with one attached hydrogen (secondary N) is 2. The molecule has 2 aliphatic rings. The van der Waals surface area contributed by atoms with Crippen molar-refractivity contribution < 1.29 is 9.59 Å². The second-order valence-corrected chi connectivity index (χ2v) is 7.28. The van der Waals surface area contributed by atoms with Crippen molar-refractivity contribution in [3.05, 3.63) is 54.2 Å². The van der Waals surface area contributed by atoms with E-state index in [1.54, 1.807) is 6.20 Å². The zero-order valence-electron chi connectivity index (χ0n) is 15.8. The highest BCUT2D eigenvalue weighted by molar-refractivity contribution is 5.95. The minimum atomic E-state index is -0.120. The monoisotopic (exact) mass is 379 g/mol. The van der Waals surface area contributed by atoms with Gasteiger partial charge in [-0.15, -0.1) is 0 Å². The maximum absolute atomic E-state index is 12.8. The number of likely N-dealkylation sites (tertiary alicyclic amines) is 1. The largest absolute Gasteiger partial charge is 0.353 e. The van der Waals surface area contributed by atoms with Gasteiger partial charge in [-0.05, 0) is 37.1 Å². The van der Waals surface area contributed by atoms with Gasteiger partial charge in [-0.2, -0.15) is 0 Å². The molecule has 0 radical (unpaired) electrons. The van der Waals surface area contributed by atoms with E-state index in [9.17, 15) is 9.59 Å². The zero-order chi connectivity index (χ0) is 19.3. The Hall–Kier alpha value is -2.93. The molecule has 2 N–H and O–H groups in total. The smallest absolute Gasteiger partial charge is 0.241 e. The lowest BCUT2D eigenvalue weighted by molar-refractivity contribution is -0.121. The Morgan fingerprint density at radius 2 is 2.04 bits per heavy atom. The van der Waals surface area contributed by atoms with Gasteiger partial charge in [-0.1, -0.05) is 30.3 Å². The summed E-state index contributed by atoms with van der Waals surface area (Å²) in [5, 5.41) is 5.80. The predicted molar refractivity (Wildman–Crippen MR) is 108 cm³/mol. The highest BCUT2D eigenvalue weighted by Crippen LogP contribution is 2.22. The fraction of sp³-hybridized carbons (Fsp3) is 0.381. The third-order valence-electron chi connectivity index (χ3n) is 5.27. The third-order valence-corrected chi connectivity index (χ3v) is 5.27. The highest BCUT2D eigenvalue weighted by atomic mass is 16.2. The second-order valence-electron chi connectivity index (χ2n) is 7.28. The summed E-state index contributed by atoms with van der Waals surface area (Å²) in [5.41, 5.74) is 1.90. The summed E-state index contributed by atoms with van der Waals surface area (Å²) in [7, 11) is 0. The molecule has 2 amide bonds. The minimum absolute atomic E-state index is 0.00479. The van der Waals surface area contributed by atoms with Crippen LogP contribution in [0.4, 0.5) is 11.5 Å². The number of hydrogen-bond donors (Lipinski definition) is 2. The molecule has 28 heavy (non-hydrogen) atoms. The Bertz CT molecular complexity index is 824. The van der Waals surface area contributed by atoms with E-state index in [0.717, 1.165) is 38.3 Å². The Balaban J connectivity index is 1.36. The number of piperazine rings is 1. The molecule has 2 fully saturated rings. The van der Waals surface area contributed by atoms with Crippen molar-refractivity contribution in [2.24, 2.45) is 0 Å². The van der Waals surface area contributed by atoms with Crippen LogP contribution in [0.2, 0.25) is 0 Å². The molecule has 0 saturated carbocycles. The number of rotatable bonds is 5. The van der Waals surface area contributed by atoms with Crippen LogP contribution in [0.15, 0.2) is 48.7 Å². The van der Waals surface area contributed by atoms with E-state index >= 15 is 0 Å². The molecule has 146 valence electrons. The molecule has 7 heteroatoms. The molecule has 2 aliphatic heterocycles. The van der Waals surface area contributed by atoms with Gasteiger partial charge < -0.3 is 15.5 Å². The van der Waals surface area contributed by atoms with Gasteiger partial charge in [0.1, 0.15) is 5.82 Å². The zero-order valence-corrected chi connectivity index (χ0v) is 15.8. The summed E-state index contributed by atoms with van der Waals surface area (Å²) in [4.78, 5) is 32.9. The van der Waals surface area contributed by atoms with Crippen molar-refractivity contribution in [1.29, 1.82) is 0 Å². The van der Waals surface area contributed by atoms with E-state index in [4.69, 9.17) is 0 Å². The van der Waals surface area contributed by atoms with Crippen LogP contribution in [-0.2, 0) is 16.1 Å². The van der Waals surface area contributed by atoms with E-state index in [-0.39, 0.29) is 17.9 Å². The van der Waals surface area contributed by atoms with Crippen LogP contribution < -0.4 is 15.5 Å². The number of benzene rings is 1. The van der Waals surface area contributed by atoms with Crippen LogP contribution in [0.25, 0.3) is 0 Å². The first kappa shape index (κ1) is 18.4. The summed E-state index contributed by atoms with van der Waals surface area (Å²) in [6, 6.07) is 13.8. The average Bonchev–Trinajstić information content (AvgIpc) is 3.17. The number of carbonyl (C=O) groups is 2. The van der Waals surface area contributed by atoms with Gasteiger partial charge in [0.25, 0.3) is 0 Å². The van der Waals surface area contributed by atoms with Gasteiger partial charge in [0.05, 0.1) is 24.5 Å². The lowest BCUT2D eigenvalue weighted by Crippen LogP contribution is -2.48. The normalized spacial score (nSPS) is 20.1. The summed E-state index contributed by atoms with van der Waals surface area (Å²) in [5.74, 6) is 0.768. The van der Waals surface area contributed by atoms with E-state index < -0.39 is 0 Å². The fourth-order valence-corrected chi connectivity index (χ4v) is 3.84. The molecule has 2 aromatic rings. The maximum atomic E-state index is 12.8. The summed E-state index contributed by atoms with van der Waals surface area (Å²) >= 11 is 0. The van der Waals surface area contributed by atoms with E-state index in [2.05, 4.69) is 32.7 Å². The average molecular weight is 379 g/mol. The molecule has 3 heterocycles. The fourth-order valence-electron chi connectivity index (χ4n) is 3.84. The van der Waals surface area contributed by atoms with Gasteiger partial charge in [0, 0.05) is 19.6 Å². The van der Waals surface area contributed by atoms with Crippen molar-refractivity contribution in [3.8, 4) is 0 Å². The van der Waals surface area contributed by atoms with Gasteiger partial charge in [0.15, 0.2) is 0 Å². The third kappa shape index (κ3) is 4.31. The molecule has 2 saturated heterocycles. The first-order chi connectivity index (χ1) is 13.7. The molecule has 1 atom stereocenters. The molecule has 0 bridgehead atoms. The van der Waals surface area contributed by atoms with Crippen molar-refractivity contribution in [3.63, 3.8) is 0 Å². The van der Waals surface area contributed by atoms with Crippen LogP contribution >= 0.6 is 0 Å². The summed E-state index contributed by atoms with van der Waals surface area (Å²) in [6.07, 6.45) is 3.56. The molecule has 4 rings (SSSR count). The van der Waals surface area contributed by atoms with Gasteiger partial charge in [-0.25, -0.2) is 4.98 Å². The molecule has 1 aromatic heterocycles. The number of amides is 2. The first-order valence-corrected chi connectivity index (χ1v) is 9.75. The van der Waals surface area contributed by atoms with E-state index in [0.29, 0.717) is 18.8 Å². The first-order valence-electron chi connectivity index (χ1n) is 9.75. The second kappa shape index (κ2) is 8.39. The molecular weight excluding hydrogens is 354 g/mol. The van der Waals surface area contributed by atoms with Crippen LogP contribution in [-0.4, -0.2) is 53.9 Å². The predicted octanol–water partition coefficient (Wildman–Crippen LogP) is 1.62. The topological polar surface area (TPSA) is 77.6 Å². The summed E-state index contributed by atoms with van der Waals surface area (Å²) in [6.45, 7) is 3.39. The number of hydrogen-bond acceptors (Lipinski definition) is 5. The standard InChI is InChI=1S/C21H25N5O2/c27-20-15-26(12-10-22-20)19-9-8-17(13-23-19)24-21(28)18-7-4-11-25(18)14-16-5-2-1-3-6-16/h1-3,5-6,8-9,13,18H,4,7,10-12,14-15H2,(H,22,27)(H,24,28). The number of anilines is 2. The van der Waals surface area contributed by atoms with Crippen LogP contribution in [0.5, 0.6) is 0 Å². The van der Waals surface area contributed by atoms with Crippen molar-refractivity contribution >= 4 is 23.3 Å². The number of carbonyl (C=O) groups excluding carboxylic acids is 2. The quantitative estimate of drug-likeness (QED) is 0.826. The number of pyridine rings is 1. The molecular formula is C21H25N5O2. The van der Waals surface area contributed by atoms with Crippen molar-refractivity contribution in [2.75, 3.05) is 36.4 Å². The molecule has 1 aromatic carbocycles. The number of aromatic nitrogens is 1. The Morgan fingerprint density at radius 3 is 2.79 bits per heavy atom. The molecule has 7 nitrogen and oxygen atoms in total. The van der Waals surface area contributed by atoms with Gasteiger partial charge in [-0.3, -0.25) is 14.5 Å². The maximum Gasteiger partial charge on any atom is 0.241 e. The SMILES string of the molecule is O=C1CN(c2ccc(NC(=O)C3CCCN3Cc3ccccc3)cn2)CCN1. The van der Waals surface area contributed by atoms with Crippen molar-refractivity contribution in [1.82, 2.24) is 15.2 Å². The van der Waals surface area contributed by atoms with Crippen LogP contribution in [0.1, 0.15) is 18.4 Å². The van der Waals surface area contributed by atoms with E-state index in [1.807, 2.05) is 35.2 Å². The Labute approximate surface area is 164 Å². The van der Waals surface area contributed by atoms with Crippen LogP contribution in [0.3, 0.4) is 0 Å². The Morgan fingerprint density at radius 1 is 1.18 bits per heavy atom. The molecule has 1 unspecified atom stereocenters. The highest BCUT2D eigenvalue weighted by Gasteiger charge is 2.30. The lowest BCUT2D eigenvalue weighted by Gasteiger charge is -2.27. The minimum Gasteiger partial charge on any atom is -0.353 e. The van der Waals surface area contributed by atoms with E-state index in [1.165, 1.54) is 5.56 Å². The van der Waals surface area contributed by atoms with Crippen molar-refractivity contribution in [2.45, 2.75) is 25.4 Å². The summed E-state index contributed by atoms with van der Waals surface area (Å²) < 4.78 is 0. The molecule has 0 spiro atoms. The van der Waals surface area contributed by atoms with Gasteiger partial charge in [0.2, 0.25) is 11.8 Å². The van der Waals surface area contributed by atoms with Crippen LogP contribution in [0, 0.1) is 0 Å².